The Bertz CT molecular complexity index is 557. The van der Waals surface area contributed by atoms with E-state index in [0.717, 1.165) is 34.9 Å². The number of nitrogens with one attached hydrogen (secondary N) is 1. The van der Waals surface area contributed by atoms with Crippen molar-refractivity contribution >= 4 is 32.7 Å². The van der Waals surface area contributed by atoms with E-state index < -0.39 is 0 Å². The van der Waals surface area contributed by atoms with Crippen LogP contribution in [0.25, 0.3) is 10.9 Å². The molecule has 0 radical (unpaired) electrons. The first-order valence-electron chi connectivity index (χ1n) is 5.31. The zero-order valence-corrected chi connectivity index (χ0v) is 10.3. The monoisotopic (exact) mass is 278 g/mol. The number of halogens is 1. The molecule has 3 nitrogen and oxygen atoms in total. The summed E-state index contributed by atoms with van der Waals surface area (Å²) in [6.45, 7) is 1.77. The molecule has 0 aliphatic carbocycles. The van der Waals surface area contributed by atoms with Crippen molar-refractivity contribution in [1.82, 2.24) is 9.88 Å². The maximum absolute atomic E-state index is 12.0. The molecule has 0 spiro atoms. The number of hydrogen-bond acceptors (Lipinski definition) is 1. The van der Waals surface area contributed by atoms with Crippen molar-refractivity contribution < 1.29 is 4.79 Å². The Morgan fingerprint density at radius 2 is 2.12 bits per heavy atom. The highest BCUT2D eigenvalue weighted by Gasteiger charge is 2.22. The van der Waals surface area contributed by atoms with E-state index in [1.54, 1.807) is 0 Å². The zero-order valence-electron chi connectivity index (χ0n) is 8.66. The minimum Gasteiger partial charge on any atom is -0.351 e. The van der Waals surface area contributed by atoms with Crippen LogP contribution >= 0.6 is 15.9 Å². The first kappa shape index (κ1) is 9.90. The maximum atomic E-state index is 12.0. The second kappa shape index (κ2) is 3.63. The number of carbonyl (C=O) groups is 1. The van der Waals surface area contributed by atoms with Gasteiger partial charge in [-0.05, 0) is 30.7 Å². The van der Waals surface area contributed by atoms with Crippen LogP contribution in [0, 0.1) is 0 Å². The van der Waals surface area contributed by atoms with E-state index in [-0.39, 0.29) is 5.91 Å². The lowest BCUT2D eigenvalue weighted by Crippen LogP contribution is -2.42. The molecule has 1 aliphatic rings. The largest absolute Gasteiger partial charge is 0.351 e. The van der Waals surface area contributed by atoms with Crippen molar-refractivity contribution in [3.8, 4) is 0 Å². The van der Waals surface area contributed by atoms with Gasteiger partial charge in [0.25, 0.3) is 5.91 Å². The molecule has 16 heavy (non-hydrogen) atoms. The fraction of sp³-hybridized carbons (Fsp3) is 0.250. The van der Waals surface area contributed by atoms with Crippen molar-refractivity contribution in [2.24, 2.45) is 0 Å². The highest BCUT2D eigenvalue weighted by atomic mass is 79.9. The number of benzene rings is 1. The molecule has 1 fully saturated rings. The van der Waals surface area contributed by atoms with Gasteiger partial charge in [-0.2, -0.15) is 0 Å². The minimum absolute atomic E-state index is 0.110. The number of hydrogen-bond donors (Lipinski definition) is 1. The second-order valence-electron chi connectivity index (χ2n) is 4.06. The highest BCUT2D eigenvalue weighted by molar-refractivity contribution is 9.10. The van der Waals surface area contributed by atoms with Crippen LogP contribution < -0.4 is 0 Å². The Kier molecular flexibility index (Phi) is 2.24. The van der Waals surface area contributed by atoms with Gasteiger partial charge in [-0.3, -0.25) is 4.79 Å². The van der Waals surface area contributed by atoms with Crippen LogP contribution in [0.3, 0.4) is 0 Å². The summed E-state index contributed by atoms with van der Waals surface area (Å²) in [5, 5.41) is 1.07. The molecular formula is C12H11BrN2O. The summed E-state index contributed by atoms with van der Waals surface area (Å²) < 4.78 is 1.03. The van der Waals surface area contributed by atoms with E-state index in [1.807, 2.05) is 29.2 Å². The molecule has 1 N–H and O–H groups in total. The van der Waals surface area contributed by atoms with Crippen LogP contribution in [0.1, 0.15) is 16.9 Å². The second-order valence-corrected chi connectivity index (χ2v) is 4.98. The van der Waals surface area contributed by atoms with Gasteiger partial charge in [0.2, 0.25) is 0 Å². The van der Waals surface area contributed by atoms with Gasteiger partial charge in [0, 0.05) is 28.5 Å². The van der Waals surface area contributed by atoms with E-state index in [9.17, 15) is 4.79 Å². The summed E-state index contributed by atoms with van der Waals surface area (Å²) in [6, 6.07) is 7.88. The average molecular weight is 279 g/mol. The van der Waals surface area contributed by atoms with E-state index in [1.165, 1.54) is 0 Å². The third-order valence-corrected chi connectivity index (χ3v) is 3.45. The van der Waals surface area contributed by atoms with Crippen LogP contribution in [-0.2, 0) is 0 Å². The van der Waals surface area contributed by atoms with Crippen molar-refractivity contribution in [2.45, 2.75) is 6.42 Å². The van der Waals surface area contributed by atoms with E-state index in [2.05, 4.69) is 20.9 Å². The molecule has 0 saturated carbocycles. The Morgan fingerprint density at radius 1 is 1.31 bits per heavy atom. The Hall–Kier alpha value is -1.29. The third-order valence-electron chi connectivity index (χ3n) is 2.96. The van der Waals surface area contributed by atoms with Crippen molar-refractivity contribution in [3.63, 3.8) is 0 Å². The van der Waals surface area contributed by atoms with Crippen molar-refractivity contribution in [3.05, 3.63) is 34.4 Å². The Labute approximate surface area is 102 Å². The van der Waals surface area contributed by atoms with Gasteiger partial charge in [0.15, 0.2) is 0 Å². The molecule has 4 heteroatoms. The van der Waals surface area contributed by atoms with Crippen LogP contribution in [0.5, 0.6) is 0 Å². The van der Waals surface area contributed by atoms with Gasteiger partial charge in [-0.15, -0.1) is 0 Å². The number of aromatic amines is 1. The molecule has 1 amide bonds. The lowest BCUT2D eigenvalue weighted by Gasteiger charge is -2.30. The summed E-state index contributed by atoms with van der Waals surface area (Å²) in [5.41, 5.74) is 1.69. The number of carbonyl (C=O) groups excluding carboxylic acids is 1. The molecule has 3 rings (SSSR count). The first-order chi connectivity index (χ1) is 7.74. The number of nitrogens with zero attached hydrogens (tertiary/aromatic N) is 1. The topological polar surface area (TPSA) is 36.1 Å². The third kappa shape index (κ3) is 1.53. The van der Waals surface area contributed by atoms with Crippen LogP contribution in [0.15, 0.2) is 28.7 Å². The molecular weight excluding hydrogens is 268 g/mol. The SMILES string of the molecule is O=C(c1cc2cc(Br)ccc2[nH]1)N1CCC1. The number of H-pyrrole nitrogens is 1. The smallest absolute Gasteiger partial charge is 0.270 e. The number of aromatic nitrogens is 1. The van der Waals surface area contributed by atoms with Crippen LogP contribution in [0.4, 0.5) is 0 Å². The normalized spacial score (nSPS) is 15.2. The van der Waals surface area contributed by atoms with E-state index >= 15 is 0 Å². The fourth-order valence-corrected chi connectivity index (χ4v) is 2.29. The van der Waals surface area contributed by atoms with Crippen LogP contribution in [0.2, 0.25) is 0 Å². The molecule has 1 saturated heterocycles. The van der Waals surface area contributed by atoms with Crippen molar-refractivity contribution in [2.75, 3.05) is 13.1 Å². The predicted octanol–water partition coefficient (Wildman–Crippen LogP) is 2.78. The van der Waals surface area contributed by atoms with E-state index in [4.69, 9.17) is 0 Å². The number of rotatable bonds is 1. The van der Waals surface area contributed by atoms with E-state index in [0.29, 0.717) is 5.69 Å². The van der Waals surface area contributed by atoms with Gasteiger partial charge >= 0.3 is 0 Å². The molecule has 0 atom stereocenters. The molecule has 1 aliphatic heterocycles. The molecule has 1 aromatic carbocycles. The Morgan fingerprint density at radius 3 is 2.81 bits per heavy atom. The predicted molar refractivity (Wildman–Crippen MR) is 66.5 cm³/mol. The van der Waals surface area contributed by atoms with Crippen LogP contribution in [-0.4, -0.2) is 28.9 Å². The standard InChI is InChI=1S/C12H11BrN2O/c13-9-2-3-10-8(6-9)7-11(14-10)12(16)15-4-1-5-15/h2-3,6-7,14H,1,4-5H2. The van der Waals surface area contributed by atoms with Gasteiger partial charge in [0.1, 0.15) is 5.69 Å². The zero-order chi connectivity index (χ0) is 11.1. The maximum Gasteiger partial charge on any atom is 0.270 e. The Balaban J connectivity index is 2.01. The first-order valence-corrected chi connectivity index (χ1v) is 6.11. The van der Waals surface area contributed by atoms with Crippen molar-refractivity contribution in [1.29, 1.82) is 0 Å². The number of likely N-dealkylation sites (tertiary alicyclic amines) is 1. The summed E-state index contributed by atoms with van der Waals surface area (Å²) in [5.74, 6) is 0.110. The molecule has 2 heterocycles. The summed E-state index contributed by atoms with van der Waals surface area (Å²) >= 11 is 3.42. The summed E-state index contributed by atoms with van der Waals surface area (Å²) in [7, 11) is 0. The molecule has 0 unspecified atom stereocenters. The lowest BCUT2D eigenvalue weighted by atomic mass is 10.2. The van der Waals surface area contributed by atoms with Gasteiger partial charge in [-0.25, -0.2) is 0 Å². The average Bonchev–Trinajstić information content (AvgIpc) is 2.57. The highest BCUT2D eigenvalue weighted by Crippen LogP contribution is 2.22. The minimum atomic E-state index is 0.110. The summed E-state index contributed by atoms with van der Waals surface area (Å²) in [4.78, 5) is 17.0. The number of amides is 1. The number of fused-ring (bicyclic) bond motifs is 1. The van der Waals surface area contributed by atoms with Gasteiger partial charge in [0.05, 0.1) is 0 Å². The molecule has 2 aromatic rings. The molecule has 82 valence electrons. The quantitative estimate of drug-likeness (QED) is 0.856. The lowest BCUT2D eigenvalue weighted by molar-refractivity contribution is 0.0646. The molecule has 0 bridgehead atoms. The van der Waals surface area contributed by atoms with Gasteiger partial charge < -0.3 is 9.88 Å². The summed E-state index contributed by atoms with van der Waals surface area (Å²) in [6.07, 6.45) is 1.12. The van der Waals surface area contributed by atoms with Gasteiger partial charge in [-0.1, -0.05) is 15.9 Å². The fourth-order valence-electron chi connectivity index (χ4n) is 1.91. The molecule has 1 aromatic heterocycles.